The second kappa shape index (κ2) is 20.7. The second-order valence-corrected chi connectivity index (χ2v) is 15.7. The number of benzene rings is 4. The summed E-state index contributed by atoms with van der Waals surface area (Å²) in [5.74, 6) is -8.89. The molecule has 4 aromatic rings. The number of carboxylic acids is 2. The van der Waals surface area contributed by atoms with E-state index in [1.165, 1.54) is 4.90 Å². The molecule has 2 fully saturated rings. The van der Waals surface area contributed by atoms with Crippen molar-refractivity contribution in [3.8, 4) is 23.0 Å². The van der Waals surface area contributed by atoms with Gasteiger partial charge in [-0.15, -0.1) is 0 Å². The molecule has 0 heterocycles. The van der Waals surface area contributed by atoms with Crippen molar-refractivity contribution in [3.05, 3.63) is 120 Å². The summed E-state index contributed by atoms with van der Waals surface area (Å²) in [6, 6.07) is 33.0. The molecule has 316 valence electrons. The number of nitrogens with zero attached hydrogens (tertiary/aromatic N) is 2. The Labute approximate surface area is 351 Å². The zero-order chi connectivity index (χ0) is 42.6. The average Bonchev–Trinajstić information content (AvgIpc) is 3.24. The van der Waals surface area contributed by atoms with Crippen LogP contribution in [0.3, 0.4) is 0 Å². The molecule has 2 N–H and O–H groups in total. The van der Waals surface area contributed by atoms with E-state index in [4.69, 9.17) is 14.2 Å². The highest BCUT2D eigenvalue weighted by molar-refractivity contribution is 6.00. The third-order valence-corrected chi connectivity index (χ3v) is 11.4. The number of esters is 1. The second-order valence-electron chi connectivity index (χ2n) is 15.7. The van der Waals surface area contributed by atoms with Crippen LogP contribution in [0.1, 0.15) is 69.9 Å². The standard InChI is InChI=1S/C48H54N2O10/c1-3-28-49(30-32-20-24-37(25-21-32)58-35-16-10-6-11-17-35)44(51)39-40(42(41(39)46(53)54)48(57)60-43(47(55)56)34-14-8-5-9-15-34)45(52)50(29-4-2)31-33-22-26-38(27-23-33)59-36-18-12-7-13-19-36/h6-7,10-13,16-27,34,39-43H,3-5,8-9,14-15,28-31H2,1-2H3,(H,53,54)(H,55,56). The zero-order valence-corrected chi connectivity index (χ0v) is 34.2. The molecule has 4 aromatic carbocycles. The number of aliphatic carboxylic acids is 2. The van der Waals surface area contributed by atoms with Gasteiger partial charge in [-0.25, -0.2) is 4.79 Å². The lowest BCUT2D eigenvalue weighted by Crippen LogP contribution is -2.65. The van der Waals surface area contributed by atoms with Gasteiger partial charge in [-0.1, -0.05) is 93.8 Å². The van der Waals surface area contributed by atoms with Crippen LogP contribution < -0.4 is 9.47 Å². The van der Waals surface area contributed by atoms with Crippen molar-refractivity contribution in [2.75, 3.05) is 13.1 Å². The molecule has 12 nitrogen and oxygen atoms in total. The minimum Gasteiger partial charge on any atom is -0.481 e. The molecule has 60 heavy (non-hydrogen) atoms. The predicted molar refractivity (Wildman–Crippen MR) is 223 cm³/mol. The lowest BCUT2D eigenvalue weighted by molar-refractivity contribution is -0.196. The molecule has 2 amide bonds. The van der Waals surface area contributed by atoms with E-state index in [0.717, 1.165) is 30.4 Å². The van der Waals surface area contributed by atoms with E-state index < -0.39 is 65.4 Å². The van der Waals surface area contributed by atoms with E-state index in [-0.39, 0.29) is 26.2 Å². The van der Waals surface area contributed by atoms with Crippen molar-refractivity contribution in [1.29, 1.82) is 0 Å². The lowest BCUT2D eigenvalue weighted by atomic mass is 9.55. The van der Waals surface area contributed by atoms with Crippen LogP contribution in [0.5, 0.6) is 23.0 Å². The first-order valence-corrected chi connectivity index (χ1v) is 20.9. The fraction of sp³-hybridized carbons (Fsp3) is 0.396. The van der Waals surface area contributed by atoms with Crippen LogP contribution in [0, 0.1) is 29.6 Å². The number of carbonyl (C=O) groups is 5. The summed E-state index contributed by atoms with van der Waals surface area (Å²) >= 11 is 0. The van der Waals surface area contributed by atoms with Crippen LogP contribution in [0.2, 0.25) is 0 Å². The van der Waals surface area contributed by atoms with Gasteiger partial charge in [0, 0.05) is 32.1 Å². The summed E-state index contributed by atoms with van der Waals surface area (Å²) in [6.45, 7) is 4.55. The highest BCUT2D eigenvalue weighted by atomic mass is 16.6. The van der Waals surface area contributed by atoms with Crippen LogP contribution in [-0.2, 0) is 41.8 Å². The third kappa shape index (κ3) is 10.7. The summed E-state index contributed by atoms with van der Waals surface area (Å²) in [5.41, 5.74) is 1.51. The minimum atomic E-state index is -1.61. The Morgan fingerprint density at radius 3 is 1.38 bits per heavy atom. The summed E-state index contributed by atoms with van der Waals surface area (Å²) in [6.07, 6.45) is 3.19. The summed E-state index contributed by atoms with van der Waals surface area (Å²) < 4.78 is 17.6. The van der Waals surface area contributed by atoms with Crippen molar-refractivity contribution >= 4 is 29.7 Å². The van der Waals surface area contributed by atoms with E-state index in [1.807, 2.05) is 98.8 Å². The van der Waals surface area contributed by atoms with Gasteiger partial charge in [-0.3, -0.25) is 19.2 Å². The van der Waals surface area contributed by atoms with E-state index in [9.17, 15) is 34.2 Å². The largest absolute Gasteiger partial charge is 0.481 e. The minimum absolute atomic E-state index is 0.116. The highest BCUT2D eigenvalue weighted by Gasteiger charge is 2.65. The topological polar surface area (TPSA) is 160 Å². The average molecular weight is 819 g/mol. The van der Waals surface area contributed by atoms with Gasteiger partial charge in [-0.05, 0) is 85.3 Å². The first-order chi connectivity index (χ1) is 29.1. The Morgan fingerprint density at radius 1 is 0.567 bits per heavy atom. The maximum atomic E-state index is 14.9. The van der Waals surface area contributed by atoms with Crippen LogP contribution in [-0.4, -0.2) is 68.9 Å². The fourth-order valence-corrected chi connectivity index (χ4v) is 8.46. The maximum Gasteiger partial charge on any atom is 0.345 e. The van der Waals surface area contributed by atoms with Gasteiger partial charge in [0.05, 0.1) is 23.7 Å². The summed E-state index contributed by atoms with van der Waals surface area (Å²) in [4.78, 5) is 72.5. The number of hydrogen-bond acceptors (Lipinski definition) is 8. The first kappa shape index (κ1) is 43.4. The number of amides is 2. The predicted octanol–water partition coefficient (Wildman–Crippen LogP) is 8.59. The lowest BCUT2D eigenvalue weighted by Gasteiger charge is -2.49. The van der Waals surface area contributed by atoms with Gasteiger partial charge in [0.25, 0.3) is 0 Å². The first-order valence-electron chi connectivity index (χ1n) is 20.9. The Kier molecular flexibility index (Phi) is 15.0. The molecule has 2 aliphatic rings. The Balaban J connectivity index is 1.28. The quantitative estimate of drug-likeness (QED) is 0.0878. The van der Waals surface area contributed by atoms with Gasteiger partial charge in [0.1, 0.15) is 23.0 Å². The third-order valence-electron chi connectivity index (χ3n) is 11.4. The zero-order valence-electron chi connectivity index (χ0n) is 34.2. The number of ether oxygens (including phenoxy) is 3. The molecular weight excluding hydrogens is 765 g/mol. The van der Waals surface area contributed by atoms with Gasteiger partial charge < -0.3 is 34.2 Å². The molecule has 0 saturated heterocycles. The Morgan fingerprint density at radius 2 is 0.983 bits per heavy atom. The van der Waals surface area contributed by atoms with Crippen LogP contribution in [0.4, 0.5) is 0 Å². The molecule has 0 radical (unpaired) electrons. The van der Waals surface area contributed by atoms with E-state index in [1.54, 1.807) is 29.2 Å². The van der Waals surface area contributed by atoms with E-state index in [2.05, 4.69) is 0 Å². The molecule has 2 saturated carbocycles. The molecule has 12 heteroatoms. The summed E-state index contributed by atoms with van der Waals surface area (Å²) in [5, 5.41) is 20.9. The van der Waals surface area contributed by atoms with Crippen molar-refractivity contribution in [2.24, 2.45) is 29.6 Å². The molecule has 0 bridgehead atoms. The van der Waals surface area contributed by atoms with Gasteiger partial charge in [0.15, 0.2) is 0 Å². The van der Waals surface area contributed by atoms with Gasteiger partial charge in [0.2, 0.25) is 17.9 Å². The van der Waals surface area contributed by atoms with Crippen molar-refractivity contribution in [2.45, 2.75) is 78.0 Å². The number of para-hydroxylation sites is 2. The highest BCUT2D eigenvalue weighted by Crippen LogP contribution is 2.50. The molecular formula is C48H54N2O10. The molecule has 5 unspecified atom stereocenters. The van der Waals surface area contributed by atoms with Crippen molar-refractivity contribution in [3.63, 3.8) is 0 Å². The van der Waals surface area contributed by atoms with Crippen molar-refractivity contribution < 1.29 is 48.4 Å². The van der Waals surface area contributed by atoms with E-state index in [0.29, 0.717) is 48.7 Å². The monoisotopic (exact) mass is 818 g/mol. The number of carboxylic acid groups (broad SMARTS) is 2. The van der Waals surface area contributed by atoms with Gasteiger partial charge >= 0.3 is 17.9 Å². The smallest absolute Gasteiger partial charge is 0.345 e. The van der Waals surface area contributed by atoms with Crippen LogP contribution in [0.15, 0.2) is 109 Å². The number of carbonyl (C=O) groups excluding carboxylic acids is 3. The van der Waals surface area contributed by atoms with E-state index >= 15 is 0 Å². The molecule has 0 spiro atoms. The number of rotatable bonds is 19. The maximum absolute atomic E-state index is 14.9. The molecule has 6 rings (SSSR count). The summed E-state index contributed by atoms with van der Waals surface area (Å²) in [7, 11) is 0. The van der Waals surface area contributed by atoms with Crippen LogP contribution >= 0.6 is 0 Å². The SMILES string of the molecule is CCCN(Cc1ccc(Oc2ccccc2)cc1)C(=O)C1C(C(=O)O)C(C(=O)OC(C(=O)O)C2CCCCC2)C1C(=O)N(CCC)Cc1ccc(Oc2ccccc2)cc1. The Hall–Kier alpha value is -6.17. The molecule has 0 aliphatic heterocycles. The number of hydrogen-bond donors (Lipinski definition) is 2. The Bertz CT molecular complexity index is 2050. The van der Waals surface area contributed by atoms with Crippen molar-refractivity contribution in [1.82, 2.24) is 9.80 Å². The molecule has 5 atom stereocenters. The normalized spacial score (nSPS) is 19.2. The fourth-order valence-electron chi connectivity index (χ4n) is 8.46. The molecule has 0 aromatic heterocycles. The van der Waals surface area contributed by atoms with Gasteiger partial charge in [-0.2, -0.15) is 0 Å². The molecule has 2 aliphatic carbocycles. The van der Waals surface area contributed by atoms with Crippen LogP contribution in [0.25, 0.3) is 0 Å².